The van der Waals surface area contributed by atoms with Crippen LogP contribution in [0.4, 0.5) is 17.1 Å². The third kappa shape index (κ3) is 4.90. The minimum atomic E-state index is -0.170. The maximum absolute atomic E-state index is 2.57. The third-order valence-electron chi connectivity index (χ3n) is 12.6. The molecule has 10 rings (SSSR count). The van der Waals surface area contributed by atoms with Crippen molar-refractivity contribution >= 4 is 39.0 Å². The molecule has 0 unspecified atom stereocenters. The van der Waals surface area contributed by atoms with Gasteiger partial charge in [-0.1, -0.05) is 143 Å². The normalized spacial score (nSPS) is 17.3. The van der Waals surface area contributed by atoms with Crippen molar-refractivity contribution in [2.75, 3.05) is 4.90 Å². The minimum absolute atomic E-state index is 0.0332. The van der Waals surface area contributed by atoms with Gasteiger partial charge in [0.25, 0.3) is 0 Å². The van der Waals surface area contributed by atoms with Crippen LogP contribution < -0.4 is 4.90 Å². The zero-order valence-corrected chi connectivity index (χ0v) is 31.2. The molecule has 0 saturated carbocycles. The number of allylic oxidation sites excluding steroid dienone is 8. The van der Waals surface area contributed by atoms with Crippen molar-refractivity contribution in [2.45, 2.75) is 64.2 Å². The first-order valence-corrected chi connectivity index (χ1v) is 19.4. The van der Waals surface area contributed by atoms with Crippen molar-refractivity contribution < 1.29 is 0 Å². The second-order valence-corrected chi connectivity index (χ2v) is 16.3. The van der Waals surface area contributed by atoms with Gasteiger partial charge in [-0.25, -0.2) is 0 Å². The Bertz CT molecular complexity index is 2570. The molecule has 1 heteroatoms. The van der Waals surface area contributed by atoms with Crippen LogP contribution >= 0.6 is 0 Å². The molecular weight excluding hydrogens is 639 g/mol. The molecule has 0 aromatic heterocycles. The molecule has 258 valence electrons. The molecule has 0 atom stereocenters. The van der Waals surface area contributed by atoms with Crippen molar-refractivity contribution in [1.82, 2.24) is 0 Å². The summed E-state index contributed by atoms with van der Waals surface area (Å²) in [6.07, 6.45) is 16.2. The average Bonchev–Trinajstić information content (AvgIpc) is 3.57. The first-order valence-electron chi connectivity index (χ1n) is 19.4. The van der Waals surface area contributed by atoms with E-state index in [0.717, 1.165) is 37.1 Å². The highest BCUT2D eigenvalue weighted by Crippen LogP contribution is 2.59. The van der Waals surface area contributed by atoms with E-state index in [1.807, 2.05) is 0 Å². The van der Waals surface area contributed by atoms with Crippen molar-refractivity contribution in [2.24, 2.45) is 0 Å². The molecular formula is C52H45N. The quantitative estimate of drug-likeness (QED) is 0.175. The largest absolute Gasteiger partial charge is 0.310 e. The van der Waals surface area contributed by atoms with Gasteiger partial charge in [0, 0.05) is 27.6 Å². The Morgan fingerprint density at radius 1 is 0.509 bits per heavy atom. The van der Waals surface area contributed by atoms with Gasteiger partial charge < -0.3 is 4.90 Å². The lowest BCUT2D eigenvalue weighted by molar-refractivity contribution is 0.606. The van der Waals surface area contributed by atoms with Crippen molar-refractivity contribution in [3.63, 3.8) is 0 Å². The number of hydrogen-bond donors (Lipinski definition) is 0. The van der Waals surface area contributed by atoms with Crippen LogP contribution in [0.15, 0.2) is 157 Å². The van der Waals surface area contributed by atoms with Crippen LogP contribution in [0.5, 0.6) is 0 Å². The molecule has 0 radical (unpaired) electrons. The summed E-state index contributed by atoms with van der Waals surface area (Å²) >= 11 is 0. The van der Waals surface area contributed by atoms with Crippen molar-refractivity contribution in [1.29, 1.82) is 0 Å². The lowest BCUT2D eigenvalue weighted by Crippen LogP contribution is -2.19. The highest BCUT2D eigenvalue weighted by Gasteiger charge is 2.43. The number of benzene rings is 6. The van der Waals surface area contributed by atoms with Crippen LogP contribution in [0.3, 0.4) is 0 Å². The molecule has 0 fully saturated rings. The lowest BCUT2D eigenvalue weighted by atomic mass is 9.77. The molecule has 53 heavy (non-hydrogen) atoms. The standard InChI is InChI=1S/C52H45N/c1-51(2)45-22-14-13-19-40(45)43-31-47-44(32-46(43)51)50-42-21-12-11-20-41(42)49(33-48(50)52(47,3)4)53(38-27-23-36(24-28-38)34-15-7-5-8-16-34)39-29-25-37(26-30-39)35-17-9-6-10-18-35/h5,7-9,11-13,15-21,23-33H,6,10,14,22H2,1-4H3. The van der Waals surface area contributed by atoms with E-state index in [-0.39, 0.29) is 10.8 Å². The SMILES string of the molecule is CC1(C)C2=C(C=CCC2)c2cc3c(cc21)-c1c(cc(N(c2ccc(C4=CCCC=C4)cc2)c2ccc(-c4ccccc4)cc2)c2ccccc12)C3(C)C. The molecule has 0 heterocycles. The van der Waals surface area contributed by atoms with E-state index in [4.69, 9.17) is 0 Å². The molecule has 1 nitrogen and oxygen atoms in total. The molecule has 0 amide bonds. The fourth-order valence-electron chi connectivity index (χ4n) is 9.75. The Morgan fingerprint density at radius 2 is 1.13 bits per heavy atom. The number of hydrogen-bond acceptors (Lipinski definition) is 1. The summed E-state index contributed by atoms with van der Waals surface area (Å²) in [5.41, 5.74) is 20.0. The Hall–Kier alpha value is -5.66. The first-order chi connectivity index (χ1) is 25.8. The maximum Gasteiger partial charge on any atom is 0.0543 e. The van der Waals surface area contributed by atoms with E-state index in [1.54, 1.807) is 5.57 Å². The van der Waals surface area contributed by atoms with Crippen LogP contribution in [-0.2, 0) is 10.8 Å². The summed E-state index contributed by atoms with van der Waals surface area (Å²) in [7, 11) is 0. The molecule has 6 aromatic rings. The van der Waals surface area contributed by atoms with Gasteiger partial charge in [-0.15, -0.1) is 0 Å². The van der Waals surface area contributed by atoms with E-state index in [0.29, 0.717) is 0 Å². The van der Waals surface area contributed by atoms with Gasteiger partial charge in [0.1, 0.15) is 0 Å². The smallest absolute Gasteiger partial charge is 0.0543 e. The Balaban J connectivity index is 1.17. The Kier molecular flexibility index (Phi) is 7.21. The summed E-state index contributed by atoms with van der Waals surface area (Å²) in [6, 6.07) is 45.8. The molecule has 4 aliphatic carbocycles. The van der Waals surface area contributed by atoms with E-state index >= 15 is 0 Å². The highest BCUT2D eigenvalue weighted by molar-refractivity contribution is 6.10. The fourth-order valence-corrected chi connectivity index (χ4v) is 9.75. The molecule has 4 aliphatic rings. The molecule has 0 bridgehead atoms. The van der Waals surface area contributed by atoms with E-state index < -0.39 is 0 Å². The first kappa shape index (κ1) is 32.0. The van der Waals surface area contributed by atoms with Gasteiger partial charge >= 0.3 is 0 Å². The predicted molar refractivity (Wildman–Crippen MR) is 226 cm³/mol. The second kappa shape index (κ2) is 11.9. The number of anilines is 3. The summed E-state index contributed by atoms with van der Waals surface area (Å²) in [5, 5.41) is 2.59. The molecule has 0 spiro atoms. The van der Waals surface area contributed by atoms with E-state index in [9.17, 15) is 0 Å². The van der Waals surface area contributed by atoms with Gasteiger partial charge in [0.05, 0.1) is 5.69 Å². The minimum Gasteiger partial charge on any atom is -0.310 e. The third-order valence-corrected chi connectivity index (χ3v) is 12.6. The fraction of sp³-hybridized carbons (Fsp3) is 0.192. The average molecular weight is 684 g/mol. The van der Waals surface area contributed by atoms with Crippen LogP contribution in [0.25, 0.3) is 44.2 Å². The lowest BCUT2D eigenvalue weighted by Gasteiger charge is -2.30. The van der Waals surface area contributed by atoms with Gasteiger partial charge in [-0.3, -0.25) is 0 Å². The topological polar surface area (TPSA) is 3.24 Å². The zero-order chi connectivity index (χ0) is 35.9. The van der Waals surface area contributed by atoms with Crippen LogP contribution in [0, 0.1) is 0 Å². The van der Waals surface area contributed by atoms with Gasteiger partial charge in [0.2, 0.25) is 0 Å². The van der Waals surface area contributed by atoms with Gasteiger partial charge in [-0.2, -0.15) is 0 Å². The van der Waals surface area contributed by atoms with Crippen LogP contribution in [0.2, 0.25) is 0 Å². The number of nitrogens with zero attached hydrogens (tertiary/aromatic N) is 1. The van der Waals surface area contributed by atoms with E-state index in [1.165, 1.54) is 77.7 Å². The number of rotatable bonds is 5. The highest BCUT2D eigenvalue weighted by atomic mass is 15.1. The van der Waals surface area contributed by atoms with Gasteiger partial charge in [-0.05, 0) is 135 Å². The zero-order valence-electron chi connectivity index (χ0n) is 31.2. The van der Waals surface area contributed by atoms with E-state index in [2.05, 4.69) is 184 Å². The van der Waals surface area contributed by atoms with Crippen LogP contribution in [0.1, 0.15) is 81.2 Å². The summed E-state index contributed by atoms with van der Waals surface area (Å²) in [5.74, 6) is 0. The summed E-state index contributed by atoms with van der Waals surface area (Å²) in [4.78, 5) is 2.48. The second-order valence-electron chi connectivity index (χ2n) is 16.3. The summed E-state index contributed by atoms with van der Waals surface area (Å²) in [6.45, 7) is 9.76. The van der Waals surface area contributed by atoms with Crippen molar-refractivity contribution in [3.05, 3.63) is 185 Å². The predicted octanol–water partition coefficient (Wildman–Crippen LogP) is 14.4. The number of fused-ring (bicyclic) bond motifs is 7. The summed E-state index contributed by atoms with van der Waals surface area (Å²) < 4.78 is 0. The monoisotopic (exact) mass is 683 g/mol. The molecule has 0 aliphatic heterocycles. The molecule has 6 aromatic carbocycles. The molecule has 0 N–H and O–H groups in total. The maximum atomic E-state index is 2.57. The van der Waals surface area contributed by atoms with Gasteiger partial charge in [0.15, 0.2) is 0 Å². The Morgan fingerprint density at radius 3 is 1.85 bits per heavy atom. The molecule has 0 saturated heterocycles. The van der Waals surface area contributed by atoms with Crippen LogP contribution in [-0.4, -0.2) is 0 Å². The van der Waals surface area contributed by atoms with Crippen molar-refractivity contribution in [3.8, 4) is 22.3 Å². The Labute approximate surface area is 314 Å².